The normalized spacial score (nSPS) is 12.8. The van der Waals surface area contributed by atoms with E-state index in [1.54, 1.807) is 18.3 Å². The molecule has 0 spiro atoms. The standard InChI is InChI=1S/C13H18N2O4/c1-13(2,19)7-9(12(17)18)6-11(16)15-10-4-3-5-14-8-10/h3-5,8-9,19H,6-7H2,1-2H3,(H,15,16)(H,17,18). The molecule has 0 bridgehead atoms. The Hall–Kier alpha value is -1.95. The van der Waals surface area contributed by atoms with E-state index in [0.717, 1.165) is 0 Å². The molecule has 0 aliphatic rings. The zero-order valence-electron chi connectivity index (χ0n) is 11.0. The predicted molar refractivity (Wildman–Crippen MR) is 69.5 cm³/mol. The lowest BCUT2D eigenvalue weighted by Crippen LogP contribution is -2.30. The van der Waals surface area contributed by atoms with Crippen LogP contribution in [0.15, 0.2) is 24.5 Å². The van der Waals surface area contributed by atoms with Gasteiger partial charge in [0.2, 0.25) is 5.91 Å². The van der Waals surface area contributed by atoms with Crippen molar-refractivity contribution in [2.45, 2.75) is 32.3 Å². The van der Waals surface area contributed by atoms with Crippen molar-refractivity contribution in [1.82, 2.24) is 4.98 Å². The molecule has 6 heteroatoms. The van der Waals surface area contributed by atoms with Crippen LogP contribution in [-0.2, 0) is 9.59 Å². The maximum atomic E-state index is 11.7. The lowest BCUT2D eigenvalue weighted by molar-refractivity contribution is -0.145. The Labute approximate surface area is 111 Å². The van der Waals surface area contributed by atoms with Gasteiger partial charge in [0.1, 0.15) is 0 Å². The number of nitrogens with one attached hydrogen (secondary N) is 1. The molecule has 0 saturated carbocycles. The van der Waals surface area contributed by atoms with Crippen molar-refractivity contribution in [2.75, 3.05) is 5.32 Å². The molecule has 0 fully saturated rings. The molecule has 1 unspecified atom stereocenters. The van der Waals surface area contributed by atoms with Gasteiger partial charge in [-0.2, -0.15) is 0 Å². The van der Waals surface area contributed by atoms with Gasteiger partial charge in [-0.05, 0) is 32.4 Å². The quantitative estimate of drug-likeness (QED) is 0.720. The number of hydrogen-bond donors (Lipinski definition) is 3. The van der Waals surface area contributed by atoms with Gasteiger partial charge >= 0.3 is 5.97 Å². The number of carboxylic acid groups (broad SMARTS) is 1. The second-order valence-electron chi connectivity index (χ2n) is 5.05. The lowest BCUT2D eigenvalue weighted by Gasteiger charge is -2.21. The largest absolute Gasteiger partial charge is 0.481 e. The van der Waals surface area contributed by atoms with E-state index < -0.39 is 23.4 Å². The summed E-state index contributed by atoms with van der Waals surface area (Å²) in [5.41, 5.74) is -0.614. The molecule has 3 N–H and O–H groups in total. The third-order valence-electron chi connectivity index (χ3n) is 2.47. The van der Waals surface area contributed by atoms with Crippen LogP contribution in [0.1, 0.15) is 26.7 Å². The molecule has 0 aromatic carbocycles. The Morgan fingerprint density at radius 1 is 1.47 bits per heavy atom. The fourth-order valence-electron chi connectivity index (χ4n) is 1.72. The van der Waals surface area contributed by atoms with Crippen LogP contribution in [0.5, 0.6) is 0 Å². The molecule has 1 aromatic rings. The van der Waals surface area contributed by atoms with Crippen LogP contribution >= 0.6 is 0 Å². The van der Waals surface area contributed by atoms with Crippen LogP contribution in [0, 0.1) is 5.92 Å². The molecule has 0 aliphatic heterocycles. The second-order valence-corrected chi connectivity index (χ2v) is 5.05. The molecular weight excluding hydrogens is 248 g/mol. The summed E-state index contributed by atoms with van der Waals surface area (Å²) >= 11 is 0. The first kappa shape index (κ1) is 15.1. The number of aliphatic carboxylic acids is 1. The Bertz CT molecular complexity index is 440. The molecule has 1 rings (SSSR count). The van der Waals surface area contributed by atoms with Crippen LogP contribution in [-0.4, -0.2) is 32.7 Å². The van der Waals surface area contributed by atoms with Gasteiger partial charge in [-0.25, -0.2) is 0 Å². The van der Waals surface area contributed by atoms with Crippen LogP contribution < -0.4 is 5.32 Å². The molecule has 0 radical (unpaired) electrons. The highest BCUT2D eigenvalue weighted by Gasteiger charge is 2.28. The molecule has 6 nitrogen and oxygen atoms in total. The zero-order valence-corrected chi connectivity index (χ0v) is 11.0. The maximum absolute atomic E-state index is 11.7. The average Bonchev–Trinajstić information content (AvgIpc) is 2.27. The van der Waals surface area contributed by atoms with Crippen LogP contribution in [0.2, 0.25) is 0 Å². The number of rotatable bonds is 6. The fraction of sp³-hybridized carbons (Fsp3) is 0.462. The lowest BCUT2D eigenvalue weighted by atomic mass is 9.91. The first-order chi connectivity index (χ1) is 8.78. The van der Waals surface area contributed by atoms with Crippen LogP contribution in [0.3, 0.4) is 0 Å². The molecule has 1 aromatic heterocycles. The molecule has 1 heterocycles. The van der Waals surface area contributed by atoms with E-state index in [-0.39, 0.29) is 12.8 Å². The SMILES string of the molecule is CC(C)(O)CC(CC(=O)Nc1cccnc1)C(=O)O. The fourth-order valence-corrected chi connectivity index (χ4v) is 1.72. The number of nitrogens with zero attached hydrogens (tertiary/aromatic N) is 1. The Morgan fingerprint density at radius 2 is 2.16 bits per heavy atom. The van der Waals surface area contributed by atoms with Crippen molar-refractivity contribution in [3.63, 3.8) is 0 Å². The first-order valence-corrected chi connectivity index (χ1v) is 5.93. The van der Waals surface area contributed by atoms with E-state index in [1.165, 1.54) is 20.0 Å². The van der Waals surface area contributed by atoms with Gasteiger partial charge in [-0.1, -0.05) is 0 Å². The van der Waals surface area contributed by atoms with Crippen molar-refractivity contribution in [1.29, 1.82) is 0 Å². The van der Waals surface area contributed by atoms with Gasteiger partial charge in [-0.15, -0.1) is 0 Å². The van der Waals surface area contributed by atoms with Gasteiger partial charge in [0.25, 0.3) is 0 Å². The number of hydrogen-bond acceptors (Lipinski definition) is 4. The summed E-state index contributed by atoms with van der Waals surface area (Å²) in [6, 6.07) is 3.33. The summed E-state index contributed by atoms with van der Waals surface area (Å²) < 4.78 is 0. The number of pyridine rings is 1. The van der Waals surface area contributed by atoms with E-state index in [9.17, 15) is 14.7 Å². The number of carboxylic acids is 1. The smallest absolute Gasteiger partial charge is 0.307 e. The van der Waals surface area contributed by atoms with Crippen molar-refractivity contribution < 1.29 is 19.8 Å². The summed E-state index contributed by atoms with van der Waals surface area (Å²) in [6.45, 7) is 3.03. The molecule has 1 atom stereocenters. The third kappa shape index (κ3) is 5.96. The topological polar surface area (TPSA) is 99.5 Å². The number of aromatic nitrogens is 1. The van der Waals surface area contributed by atoms with Gasteiger partial charge in [-0.3, -0.25) is 14.6 Å². The highest BCUT2D eigenvalue weighted by Crippen LogP contribution is 2.20. The van der Waals surface area contributed by atoms with Crippen molar-refractivity contribution in [2.24, 2.45) is 5.92 Å². The van der Waals surface area contributed by atoms with Crippen LogP contribution in [0.4, 0.5) is 5.69 Å². The Kier molecular flexibility index (Phi) is 5.00. The average molecular weight is 266 g/mol. The minimum atomic E-state index is -1.13. The summed E-state index contributed by atoms with van der Waals surface area (Å²) in [5.74, 6) is -2.43. The van der Waals surface area contributed by atoms with Gasteiger partial charge < -0.3 is 15.5 Å². The van der Waals surface area contributed by atoms with E-state index in [2.05, 4.69) is 10.3 Å². The predicted octanol–water partition coefficient (Wildman–Crippen LogP) is 1.27. The maximum Gasteiger partial charge on any atom is 0.307 e. The number of amides is 1. The van der Waals surface area contributed by atoms with Crippen LogP contribution in [0.25, 0.3) is 0 Å². The van der Waals surface area contributed by atoms with Gasteiger partial charge in [0, 0.05) is 12.6 Å². The molecule has 19 heavy (non-hydrogen) atoms. The van der Waals surface area contributed by atoms with E-state index in [1.807, 2.05) is 0 Å². The number of carbonyl (C=O) groups excluding carboxylic acids is 1. The second kappa shape index (κ2) is 6.29. The monoisotopic (exact) mass is 266 g/mol. The molecule has 0 saturated heterocycles. The third-order valence-corrected chi connectivity index (χ3v) is 2.47. The first-order valence-electron chi connectivity index (χ1n) is 5.93. The minimum absolute atomic E-state index is 0.0167. The van der Waals surface area contributed by atoms with E-state index >= 15 is 0 Å². The highest BCUT2D eigenvalue weighted by atomic mass is 16.4. The molecule has 1 amide bonds. The Morgan fingerprint density at radius 3 is 2.63 bits per heavy atom. The summed E-state index contributed by atoms with van der Waals surface area (Å²) in [5, 5.41) is 21.2. The van der Waals surface area contributed by atoms with Gasteiger partial charge in [0.05, 0.1) is 23.4 Å². The summed E-state index contributed by atoms with van der Waals surface area (Å²) in [6.07, 6.45) is 2.88. The molecule has 0 aliphatic carbocycles. The van der Waals surface area contributed by atoms with E-state index in [0.29, 0.717) is 5.69 Å². The zero-order chi connectivity index (χ0) is 14.5. The molecular formula is C13H18N2O4. The summed E-state index contributed by atoms with van der Waals surface area (Å²) in [7, 11) is 0. The number of carbonyl (C=O) groups is 2. The van der Waals surface area contributed by atoms with Crippen molar-refractivity contribution in [3.8, 4) is 0 Å². The van der Waals surface area contributed by atoms with E-state index in [4.69, 9.17) is 5.11 Å². The minimum Gasteiger partial charge on any atom is -0.481 e. The van der Waals surface area contributed by atoms with Crippen molar-refractivity contribution in [3.05, 3.63) is 24.5 Å². The Balaban J connectivity index is 2.60. The number of anilines is 1. The number of aliphatic hydroxyl groups is 1. The van der Waals surface area contributed by atoms with Gasteiger partial charge in [0.15, 0.2) is 0 Å². The molecule has 104 valence electrons. The van der Waals surface area contributed by atoms with Crippen molar-refractivity contribution >= 4 is 17.6 Å². The summed E-state index contributed by atoms with van der Waals surface area (Å²) in [4.78, 5) is 26.6. The highest BCUT2D eigenvalue weighted by molar-refractivity contribution is 5.92.